The first-order valence-electron chi connectivity index (χ1n) is 10.9. The van der Waals surface area contributed by atoms with Crippen LogP contribution in [0.4, 0.5) is 5.69 Å². The molecule has 0 spiro atoms. The lowest BCUT2D eigenvalue weighted by atomic mass is 10.1. The minimum Gasteiger partial charge on any atom is -0.494 e. The van der Waals surface area contributed by atoms with Gasteiger partial charge in [0, 0.05) is 23.3 Å². The number of ether oxygens (including phenoxy) is 3. The lowest BCUT2D eigenvalue weighted by molar-refractivity contribution is 0.0969. The van der Waals surface area contributed by atoms with Crippen LogP contribution in [0.2, 0.25) is 0 Å². The normalized spacial score (nSPS) is 10.4. The van der Waals surface area contributed by atoms with E-state index >= 15 is 0 Å². The van der Waals surface area contributed by atoms with E-state index in [0.29, 0.717) is 31.1 Å². The molecular weight excluding hydrogens is 516 g/mol. The SMILES string of the molecule is COCCOc1ccc(Br)cc1C(=O)NC(=S)Nc1cccc(OCCCc2ccccc2)c1. The molecule has 2 N–H and O–H groups in total. The fourth-order valence-corrected chi connectivity index (χ4v) is 3.72. The summed E-state index contributed by atoms with van der Waals surface area (Å²) in [6.45, 7) is 1.36. The number of carbonyl (C=O) groups is 1. The van der Waals surface area contributed by atoms with Crippen molar-refractivity contribution in [1.29, 1.82) is 0 Å². The van der Waals surface area contributed by atoms with Gasteiger partial charge in [-0.15, -0.1) is 0 Å². The highest BCUT2D eigenvalue weighted by Gasteiger charge is 2.15. The molecule has 0 radical (unpaired) electrons. The van der Waals surface area contributed by atoms with Crippen LogP contribution in [0, 0.1) is 0 Å². The highest BCUT2D eigenvalue weighted by molar-refractivity contribution is 9.10. The number of nitrogens with one attached hydrogen (secondary N) is 2. The Morgan fingerprint density at radius 1 is 0.941 bits per heavy atom. The molecule has 0 atom stereocenters. The van der Waals surface area contributed by atoms with Crippen molar-refractivity contribution in [3.63, 3.8) is 0 Å². The fourth-order valence-electron chi connectivity index (χ4n) is 3.15. The maximum atomic E-state index is 12.8. The Morgan fingerprint density at radius 3 is 2.56 bits per heavy atom. The van der Waals surface area contributed by atoms with Crippen LogP contribution in [-0.4, -0.2) is 38.0 Å². The summed E-state index contributed by atoms with van der Waals surface area (Å²) in [5.74, 6) is 0.805. The number of anilines is 1. The minimum absolute atomic E-state index is 0.175. The molecule has 3 rings (SSSR count). The fraction of sp³-hybridized carbons (Fsp3) is 0.231. The van der Waals surface area contributed by atoms with Crippen molar-refractivity contribution < 1.29 is 19.0 Å². The third-order valence-electron chi connectivity index (χ3n) is 4.77. The van der Waals surface area contributed by atoms with Crippen LogP contribution >= 0.6 is 28.1 Å². The Hall–Kier alpha value is -2.94. The molecule has 0 saturated heterocycles. The van der Waals surface area contributed by atoms with Gasteiger partial charge in [-0.3, -0.25) is 10.1 Å². The number of hydrogen-bond donors (Lipinski definition) is 2. The van der Waals surface area contributed by atoms with Gasteiger partial charge in [0.2, 0.25) is 0 Å². The van der Waals surface area contributed by atoms with Gasteiger partial charge >= 0.3 is 0 Å². The predicted octanol–water partition coefficient (Wildman–Crippen LogP) is 5.61. The molecule has 0 fully saturated rings. The predicted molar refractivity (Wildman–Crippen MR) is 142 cm³/mol. The van der Waals surface area contributed by atoms with Crippen molar-refractivity contribution in [3.8, 4) is 11.5 Å². The first kappa shape index (κ1) is 25.7. The molecule has 1 amide bonds. The monoisotopic (exact) mass is 542 g/mol. The first-order chi connectivity index (χ1) is 16.5. The first-order valence-corrected chi connectivity index (χ1v) is 12.1. The van der Waals surface area contributed by atoms with Gasteiger partial charge in [0.1, 0.15) is 18.1 Å². The molecule has 3 aromatic rings. The summed E-state index contributed by atoms with van der Waals surface area (Å²) in [6.07, 6.45) is 1.87. The summed E-state index contributed by atoms with van der Waals surface area (Å²) < 4.78 is 17.3. The lowest BCUT2D eigenvalue weighted by Gasteiger charge is -2.14. The molecule has 8 heteroatoms. The molecule has 0 aliphatic heterocycles. The van der Waals surface area contributed by atoms with Crippen molar-refractivity contribution in [2.24, 2.45) is 0 Å². The van der Waals surface area contributed by atoms with Gasteiger partial charge in [0.15, 0.2) is 5.11 Å². The number of benzene rings is 3. The van der Waals surface area contributed by atoms with Gasteiger partial charge in [-0.05, 0) is 61.0 Å². The smallest absolute Gasteiger partial charge is 0.261 e. The zero-order valence-corrected chi connectivity index (χ0v) is 21.3. The standard InChI is InChI=1S/C26H27BrN2O4S/c1-31-15-16-33-24-13-12-20(27)17-23(24)25(30)29-26(34)28-21-10-5-11-22(18-21)32-14-6-9-19-7-3-2-4-8-19/h2-5,7-8,10-13,17-18H,6,9,14-16H2,1H3,(H2,28,29,30,34). The number of thiocarbonyl (C=S) groups is 1. The second-order valence-electron chi connectivity index (χ2n) is 7.36. The van der Waals surface area contributed by atoms with E-state index in [-0.39, 0.29) is 11.0 Å². The van der Waals surface area contributed by atoms with E-state index in [4.69, 9.17) is 26.4 Å². The van der Waals surface area contributed by atoms with Gasteiger partial charge in [0.25, 0.3) is 5.91 Å². The van der Waals surface area contributed by atoms with Gasteiger partial charge < -0.3 is 19.5 Å². The quantitative estimate of drug-likeness (QED) is 0.242. The number of rotatable bonds is 11. The van der Waals surface area contributed by atoms with Crippen LogP contribution in [0.5, 0.6) is 11.5 Å². The highest BCUT2D eigenvalue weighted by atomic mass is 79.9. The molecule has 178 valence electrons. The summed E-state index contributed by atoms with van der Waals surface area (Å²) in [6, 6.07) is 23.0. The van der Waals surface area contributed by atoms with Crippen LogP contribution in [0.25, 0.3) is 0 Å². The molecule has 0 unspecified atom stereocenters. The van der Waals surface area contributed by atoms with E-state index in [9.17, 15) is 4.79 Å². The lowest BCUT2D eigenvalue weighted by Crippen LogP contribution is -2.34. The second kappa shape index (κ2) is 13.7. The number of carbonyl (C=O) groups excluding carboxylic acids is 1. The third-order valence-corrected chi connectivity index (χ3v) is 5.47. The molecule has 0 bridgehead atoms. The zero-order valence-electron chi connectivity index (χ0n) is 18.9. The maximum absolute atomic E-state index is 12.8. The summed E-state index contributed by atoms with van der Waals surface area (Å²) in [7, 11) is 1.59. The molecule has 3 aromatic carbocycles. The highest BCUT2D eigenvalue weighted by Crippen LogP contribution is 2.23. The van der Waals surface area contributed by atoms with E-state index in [1.54, 1.807) is 25.3 Å². The van der Waals surface area contributed by atoms with Crippen LogP contribution in [0.3, 0.4) is 0 Å². The number of halogens is 1. The van der Waals surface area contributed by atoms with E-state index in [1.807, 2.05) is 42.5 Å². The van der Waals surface area contributed by atoms with Gasteiger partial charge in [-0.25, -0.2) is 0 Å². The van der Waals surface area contributed by atoms with Crippen molar-refractivity contribution >= 4 is 44.9 Å². The van der Waals surface area contributed by atoms with Crippen LogP contribution < -0.4 is 20.1 Å². The summed E-state index contributed by atoms with van der Waals surface area (Å²) in [5, 5.41) is 5.91. The van der Waals surface area contributed by atoms with Crippen LogP contribution in [0.1, 0.15) is 22.3 Å². The largest absolute Gasteiger partial charge is 0.494 e. The molecule has 0 aliphatic rings. The van der Waals surface area contributed by atoms with Crippen LogP contribution in [-0.2, 0) is 11.2 Å². The van der Waals surface area contributed by atoms with Gasteiger partial charge in [-0.2, -0.15) is 0 Å². The number of hydrogen-bond acceptors (Lipinski definition) is 5. The summed E-state index contributed by atoms with van der Waals surface area (Å²) in [4.78, 5) is 12.8. The molecule has 0 aliphatic carbocycles. The van der Waals surface area contributed by atoms with E-state index in [1.165, 1.54) is 5.56 Å². The average Bonchev–Trinajstić information content (AvgIpc) is 2.83. The zero-order chi connectivity index (χ0) is 24.2. The molecule has 0 heterocycles. The minimum atomic E-state index is -0.375. The average molecular weight is 543 g/mol. The summed E-state index contributed by atoms with van der Waals surface area (Å²) >= 11 is 8.73. The van der Waals surface area contributed by atoms with Gasteiger partial charge in [0.05, 0.1) is 18.8 Å². The van der Waals surface area contributed by atoms with Crippen molar-refractivity contribution in [3.05, 3.63) is 88.4 Å². The molecule has 0 aromatic heterocycles. The topological polar surface area (TPSA) is 68.8 Å². The van der Waals surface area contributed by atoms with Crippen molar-refractivity contribution in [1.82, 2.24) is 5.32 Å². The van der Waals surface area contributed by atoms with Gasteiger partial charge in [-0.1, -0.05) is 52.3 Å². The van der Waals surface area contributed by atoms with Crippen molar-refractivity contribution in [2.45, 2.75) is 12.8 Å². The number of methoxy groups -OCH3 is 1. The summed E-state index contributed by atoms with van der Waals surface area (Å²) in [5.41, 5.74) is 2.38. The Kier molecular flexibility index (Phi) is 10.3. The maximum Gasteiger partial charge on any atom is 0.261 e. The van der Waals surface area contributed by atoms with E-state index in [2.05, 4.69) is 38.7 Å². The molecule has 0 saturated carbocycles. The Labute approximate surface area is 213 Å². The molecule has 34 heavy (non-hydrogen) atoms. The number of aryl methyl sites for hydroxylation is 1. The Bertz CT molecular complexity index is 1100. The second-order valence-corrected chi connectivity index (χ2v) is 8.68. The van der Waals surface area contributed by atoms with E-state index < -0.39 is 0 Å². The van der Waals surface area contributed by atoms with Crippen LogP contribution in [0.15, 0.2) is 77.3 Å². The molecule has 6 nitrogen and oxygen atoms in total. The van der Waals surface area contributed by atoms with Crippen molar-refractivity contribution in [2.75, 3.05) is 32.2 Å². The van der Waals surface area contributed by atoms with E-state index in [0.717, 1.165) is 28.8 Å². The molecular formula is C26H27BrN2O4S. The Morgan fingerprint density at radius 2 is 1.76 bits per heavy atom. The third kappa shape index (κ3) is 8.44. The Balaban J connectivity index is 1.52. The number of amides is 1.